The summed E-state index contributed by atoms with van der Waals surface area (Å²) in [5.41, 5.74) is 3.63. The fraction of sp³-hybridized carbons (Fsp3) is 0.435. The molecule has 1 aromatic carbocycles. The van der Waals surface area contributed by atoms with Gasteiger partial charge < -0.3 is 14.8 Å². The van der Waals surface area contributed by atoms with E-state index >= 15 is 0 Å². The summed E-state index contributed by atoms with van der Waals surface area (Å²) >= 11 is 0. The topological polar surface area (TPSA) is 81.7 Å². The number of methoxy groups -OCH3 is 1. The van der Waals surface area contributed by atoms with Crippen molar-refractivity contribution >= 4 is 17.7 Å². The van der Waals surface area contributed by atoms with Crippen LogP contribution in [0.5, 0.6) is 0 Å². The van der Waals surface area contributed by atoms with E-state index in [1.54, 1.807) is 31.2 Å². The van der Waals surface area contributed by atoms with Gasteiger partial charge in [0.2, 0.25) is 0 Å². The minimum absolute atomic E-state index is 0.0279. The highest BCUT2D eigenvalue weighted by Crippen LogP contribution is 2.46. The number of ether oxygens (including phenoxy) is 2. The van der Waals surface area contributed by atoms with E-state index in [2.05, 4.69) is 19.2 Å². The maximum Gasteiger partial charge on any atom is 0.337 e. The Labute approximate surface area is 171 Å². The first kappa shape index (κ1) is 20.8. The van der Waals surface area contributed by atoms with Gasteiger partial charge >= 0.3 is 11.9 Å². The molecule has 0 amide bonds. The lowest BCUT2D eigenvalue weighted by molar-refractivity contribution is -0.138. The van der Waals surface area contributed by atoms with Gasteiger partial charge in [0.1, 0.15) is 0 Å². The fourth-order valence-electron chi connectivity index (χ4n) is 4.18. The molecule has 0 radical (unpaired) electrons. The summed E-state index contributed by atoms with van der Waals surface area (Å²) in [7, 11) is 1.33. The Bertz CT molecular complexity index is 921. The minimum atomic E-state index is -0.527. The Kier molecular flexibility index (Phi) is 5.64. The lowest BCUT2D eigenvalue weighted by Crippen LogP contribution is -2.38. The van der Waals surface area contributed by atoms with Crippen molar-refractivity contribution in [1.82, 2.24) is 5.32 Å². The normalized spacial score (nSPS) is 20.7. The summed E-state index contributed by atoms with van der Waals surface area (Å²) in [5.74, 6) is -1.38. The predicted molar refractivity (Wildman–Crippen MR) is 108 cm³/mol. The van der Waals surface area contributed by atoms with E-state index in [1.807, 2.05) is 6.92 Å². The summed E-state index contributed by atoms with van der Waals surface area (Å²) in [6.07, 6.45) is 1.14. The molecule has 6 heteroatoms. The number of carbonyl (C=O) groups is 3. The van der Waals surface area contributed by atoms with Crippen LogP contribution < -0.4 is 5.32 Å². The van der Waals surface area contributed by atoms with Crippen molar-refractivity contribution in [2.45, 2.75) is 46.5 Å². The van der Waals surface area contributed by atoms with Gasteiger partial charge in [0.05, 0.1) is 24.9 Å². The third kappa shape index (κ3) is 3.97. The zero-order chi connectivity index (χ0) is 21.3. The van der Waals surface area contributed by atoms with Crippen LogP contribution in [-0.2, 0) is 19.1 Å². The Morgan fingerprint density at radius 3 is 2.38 bits per heavy atom. The molecule has 3 rings (SSSR count). The lowest BCUT2D eigenvalue weighted by Gasteiger charge is -2.39. The van der Waals surface area contributed by atoms with Crippen LogP contribution in [0, 0.1) is 5.41 Å². The van der Waals surface area contributed by atoms with Gasteiger partial charge in [-0.3, -0.25) is 4.79 Å². The SMILES string of the molecule is CCOC(=O)C1=C(C)NC2=C(C(=O)CC(C)(C)C2)C1c1ccc(C(=O)OC)cc1. The number of nitrogens with one attached hydrogen (secondary N) is 1. The molecule has 1 aliphatic carbocycles. The number of dihydropyridines is 1. The molecule has 2 aliphatic rings. The largest absolute Gasteiger partial charge is 0.465 e. The van der Waals surface area contributed by atoms with Gasteiger partial charge in [-0.25, -0.2) is 9.59 Å². The van der Waals surface area contributed by atoms with E-state index < -0.39 is 17.9 Å². The van der Waals surface area contributed by atoms with Crippen LogP contribution in [0.25, 0.3) is 0 Å². The molecule has 1 atom stereocenters. The molecule has 154 valence electrons. The number of hydrogen-bond donors (Lipinski definition) is 1. The van der Waals surface area contributed by atoms with Crippen LogP contribution in [0.3, 0.4) is 0 Å². The highest BCUT2D eigenvalue weighted by Gasteiger charge is 2.43. The summed E-state index contributed by atoms with van der Waals surface area (Å²) in [6, 6.07) is 6.84. The molecule has 0 spiro atoms. The van der Waals surface area contributed by atoms with Crippen LogP contribution in [0.15, 0.2) is 46.8 Å². The van der Waals surface area contributed by atoms with Crippen LogP contribution in [0.1, 0.15) is 62.4 Å². The monoisotopic (exact) mass is 397 g/mol. The molecule has 6 nitrogen and oxygen atoms in total. The van der Waals surface area contributed by atoms with E-state index in [0.29, 0.717) is 28.8 Å². The van der Waals surface area contributed by atoms with Crippen molar-refractivity contribution in [1.29, 1.82) is 0 Å². The van der Waals surface area contributed by atoms with Crippen molar-refractivity contribution in [3.05, 3.63) is 57.9 Å². The molecule has 0 bridgehead atoms. The van der Waals surface area contributed by atoms with Gasteiger partial charge in [-0.2, -0.15) is 0 Å². The number of esters is 2. The molecule has 0 fully saturated rings. The first-order valence-corrected chi connectivity index (χ1v) is 9.78. The van der Waals surface area contributed by atoms with Crippen LogP contribution in [0.4, 0.5) is 0 Å². The molecular weight excluding hydrogens is 370 g/mol. The Balaban J connectivity index is 2.13. The number of hydrogen-bond acceptors (Lipinski definition) is 6. The first-order chi connectivity index (χ1) is 13.7. The highest BCUT2D eigenvalue weighted by atomic mass is 16.5. The van der Waals surface area contributed by atoms with E-state index in [4.69, 9.17) is 9.47 Å². The van der Waals surface area contributed by atoms with Crippen molar-refractivity contribution in [3.63, 3.8) is 0 Å². The molecule has 0 saturated heterocycles. The van der Waals surface area contributed by atoms with Crippen molar-refractivity contribution in [2.24, 2.45) is 5.41 Å². The standard InChI is InChI=1S/C23H27NO5/c1-6-29-22(27)18-13(2)24-16-11-23(3,4)12-17(25)20(16)19(18)14-7-9-15(10-8-14)21(26)28-5/h7-10,19,24H,6,11-12H2,1-5H3. The molecule has 1 aromatic rings. The summed E-state index contributed by atoms with van der Waals surface area (Å²) in [4.78, 5) is 37.7. The second kappa shape index (κ2) is 7.85. The predicted octanol–water partition coefficient (Wildman–Crippen LogP) is 3.64. The molecule has 1 aliphatic heterocycles. The Hall–Kier alpha value is -2.89. The van der Waals surface area contributed by atoms with Gasteiger partial charge in [-0.15, -0.1) is 0 Å². The van der Waals surface area contributed by atoms with Crippen LogP contribution >= 0.6 is 0 Å². The van der Waals surface area contributed by atoms with E-state index in [0.717, 1.165) is 17.7 Å². The third-order valence-corrected chi connectivity index (χ3v) is 5.40. The second-order valence-electron chi connectivity index (χ2n) is 8.26. The summed E-state index contributed by atoms with van der Waals surface area (Å²) in [5, 5.41) is 3.30. The van der Waals surface area contributed by atoms with Gasteiger partial charge in [0, 0.05) is 29.3 Å². The first-order valence-electron chi connectivity index (χ1n) is 9.78. The molecule has 1 heterocycles. The lowest BCUT2D eigenvalue weighted by atomic mass is 9.68. The highest BCUT2D eigenvalue weighted by molar-refractivity contribution is 6.04. The molecule has 0 saturated carbocycles. The van der Waals surface area contributed by atoms with E-state index in [-0.39, 0.29) is 17.8 Å². The van der Waals surface area contributed by atoms with Gasteiger partial charge in [-0.05, 0) is 43.4 Å². The maximum atomic E-state index is 13.1. The molecule has 29 heavy (non-hydrogen) atoms. The molecular formula is C23H27NO5. The summed E-state index contributed by atoms with van der Waals surface area (Å²) < 4.78 is 10.1. The Morgan fingerprint density at radius 1 is 1.14 bits per heavy atom. The van der Waals surface area contributed by atoms with Crippen molar-refractivity contribution < 1.29 is 23.9 Å². The second-order valence-corrected chi connectivity index (χ2v) is 8.26. The van der Waals surface area contributed by atoms with Gasteiger partial charge in [-0.1, -0.05) is 26.0 Å². The van der Waals surface area contributed by atoms with E-state index in [9.17, 15) is 14.4 Å². The van der Waals surface area contributed by atoms with Crippen molar-refractivity contribution in [2.75, 3.05) is 13.7 Å². The van der Waals surface area contributed by atoms with E-state index in [1.165, 1.54) is 7.11 Å². The molecule has 1 N–H and O–H groups in total. The number of carbonyl (C=O) groups excluding carboxylic acids is 3. The number of allylic oxidation sites excluding steroid dienone is 3. The quantitative estimate of drug-likeness (QED) is 0.781. The number of rotatable bonds is 4. The Morgan fingerprint density at radius 2 is 1.79 bits per heavy atom. The number of benzene rings is 1. The number of ketones is 1. The molecule has 1 unspecified atom stereocenters. The van der Waals surface area contributed by atoms with Crippen LogP contribution in [0.2, 0.25) is 0 Å². The average Bonchev–Trinajstić information content (AvgIpc) is 2.65. The third-order valence-electron chi connectivity index (χ3n) is 5.40. The number of Topliss-reactive ketones (excluding diaryl/α,β-unsaturated/α-hetero) is 1. The van der Waals surface area contributed by atoms with Crippen molar-refractivity contribution in [3.8, 4) is 0 Å². The average molecular weight is 397 g/mol. The van der Waals surface area contributed by atoms with Gasteiger partial charge in [0.15, 0.2) is 5.78 Å². The zero-order valence-electron chi connectivity index (χ0n) is 17.5. The molecule has 0 aromatic heterocycles. The van der Waals surface area contributed by atoms with Crippen LogP contribution in [-0.4, -0.2) is 31.4 Å². The maximum absolute atomic E-state index is 13.1. The summed E-state index contributed by atoms with van der Waals surface area (Å²) in [6.45, 7) is 7.96. The smallest absolute Gasteiger partial charge is 0.337 e. The zero-order valence-corrected chi connectivity index (χ0v) is 17.5. The van der Waals surface area contributed by atoms with Gasteiger partial charge in [0.25, 0.3) is 0 Å². The fourth-order valence-corrected chi connectivity index (χ4v) is 4.18. The minimum Gasteiger partial charge on any atom is -0.465 e.